The van der Waals surface area contributed by atoms with E-state index in [1.165, 1.54) is 7.11 Å². The van der Waals surface area contributed by atoms with Crippen molar-refractivity contribution in [2.24, 2.45) is 5.41 Å². The van der Waals surface area contributed by atoms with Gasteiger partial charge < -0.3 is 9.64 Å². The Hall–Kier alpha value is -4.51. The molecule has 0 bridgehead atoms. The van der Waals surface area contributed by atoms with Gasteiger partial charge in [0.1, 0.15) is 11.2 Å². The zero-order valence-corrected chi connectivity index (χ0v) is 18.4. The van der Waals surface area contributed by atoms with Gasteiger partial charge in [-0.2, -0.15) is 0 Å². The summed E-state index contributed by atoms with van der Waals surface area (Å²) in [6.45, 7) is 0.326. The quantitative estimate of drug-likeness (QED) is 0.481. The molecular formula is C26H20N4O4. The second-order valence-electron chi connectivity index (χ2n) is 8.21. The highest BCUT2D eigenvalue weighted by molar-refractivity contribution is 6.08. The molecule has 1 aromatic carbocycles. The van der Waals surface area contributed by atoms with Crippen LogP contribution in [-0.4, -0.2) is 46.2 Å². The SMILES string of the molecule is COc1ccc2c(c1)C(=O)N(C[C@@]1(C#Cc3cccnc3-c3cccnc3)CC(=O)NC1=O)C2. The van der Waals surface area contributed by atoms with E-state index >= 15 is 0 Å². The van der Waals surface area contributed by atoms with E-state index in [9.17, 15) is 14.4 Å². The molecule has 0 unspecified atom stereocenters. The largest absolute Gasteiger partial charge is 0.497 e. The molecule has 34 heavy (non-hydrogen) atoms. The molecule has 0 saturated carbocycles. The molecule has 168 valence electrons. The molecule has 2 aliphatic heterocycles. The molecule has 1 N–H and O–H groups in total. The highest BCUT2D eigenvalue weighted by Crippen LogP contribution is 2.34. The predicted molar refractivity (Wildman–Crippen MR) is 122 cm³/mol. The number of ether oxygens (including phenoxy) is 1. The van der Waals surface area contributed by atoms with Gasteiger partial charge in [-0.3, -0.25) is 29.7 Å². The van der Waals surface area contributed by atoms with Gasteiger partial charge in [-0.05, 0) is 42.0 Å². The molecule has 1 saturated heterocycles. The van der Waals surface area contributed by atoms with E-state index < -0.39 is 17.2 Å². The van der Waals surface area contributed by atoms with Crippen molar-refractivity contribution >= 4 is 17.7 Å². The van der Waals surface area contributed by atoms with Crippen LogP contribution in [0.15, 0.2) is 61.1 Å². The number of amides is 3. The standard InChI is InChI=1S/C26H20N4O4/c1-34-20-7-6-19-15-30(24(32)21(19)12-20)16-26(13-22(31)29-25(26)33)9-8-17-4-3-11-28-23(17)18-5-2-10-27-14-18/h2-7,10-12,14H,13,15-16H2,1H3,(H,29,31,33)/t26-/m1/s1. The van der Waals surface area contributed by atoms with Crippen LogP contribution in [0.25, 0.3) is 11.3 Å². The minimum atomic E-state index is -1.36. The fraction of sp³-hybridized carbons (Fsp3) is 0.192. The second kappa shape index (κ2) is 8.45. The molecule has 2 aromatic heterocycles. The number of benzene rings is 1. The van der Waals surface area contributed by atoms with Crippen molar-refractivity contribution in [1.82, 2.24) is 20.2 Å². The van der Waals surface area contributed by atoms with Crippen molar-refractivity contribution in [2.75, 3.05) is 13.7 Å². The van der Waals surface area contributed by atoms with E-state index in [2.05, 4.69) is 27.1 Å². The monoisotopic (exact) mass is 452 g/mol. The van der Waals surface area contributed by atoms with Gasteiger partial charge in [-0.25, -0.2) is 0 Å². The van der Waals surface area contributed by atoms with Crippen LogP contribution >= 0.6 is 0 Å². The third-order valence-electron chi connectivity index (χ3n) is 5.99. The van der Waals surface area contributed by atoms with Crippen LogP contribution in [0.2, 0.25) is 0 Å². The Morgan fingerprint density at radius 3 is 2.74 bits per heavy atom. The van der Waals surface area contributed by atoms with Crippen LogP contribution in [0.1, 0.15) is 27.9 Å². The minimum Gasteiger partial charge on any atom is -0.497 e. The fourth-order valence-electron chi connectivity index (χ4n) is 4.26. The van der Waals surface area contributed by atoms with Crippen molar-refractivity contribution in [3.05, 3.63) is 77.7 Å². The van der Waals surface area contributed by atoms with Gasteiger partial charge in [0, 0.05) is 42.8 Å². The number of carbonyl (C=O) groups excluding carboxylic acids is 3. The maximum Gasteiger partial charge on any atom is 0.254 e. The van der Waals surface area contributed by atoms with E-state index in [0.717, 1.165) is 11.1 Å². The van der Waals surface area contributed by atoms with Crippen molar-refractivity contribution in [1.29, 1.82) is 0 Å². The average molecular weight is 452 g/mol. The Labute approximate surface area is 196 Å². The van der Waals surface area contributed by atoms with Gasteiger partial charge in [-0.1, -0.05) is 17.9 Å². The Balaban J connectivity index is 1.50. The Morgan fingerprint density at radius 1 is 1.15 bits per heavy atom. The Morgan fingerprint density at radius 2 is 2.00 bits per heavy atom. The minimum absolute atomic E-state index is 0.00408. The van der Waals surface area contributed by atoms with E-state index in [1.807, 2.05) is 12.1 Å². The Kier molecular flexibility index (Phi) is 5.30. The smallest absolute Gasteiger partial charge is 0.254 e. The molecule has 3 amide bonds. The number of aromatic nitrogens is 2. The maximum atomic E-state index is 13.1. The number of nitrogens with zero attached hydrogens (tertiary/aromatic N) is 3. The molecule has 0 radical (unpaired) electrons. The lowest BCUT2D eigenvalue weighted by Gasteiger charge is -2.25. The van der Waals surface area contributed by atoms with E-state index in [4.69, 9.17) is 4.74 Å². The van der Waals surface area contributed by atoms with E-state index in [0.29, 0.717) is 29.1 Å². The van der Waals surface area contributed by atoms with Gasteiger partial charge >= 0.3 is 0 Å². The van der Waals surface area contributed by atoms with Gasteiger partial charge in [-0.15, -0.1) is 0 Å². The summed E-state index contributed by atoms with van der Waals surface area (Å²) in [5.41, 5.74) is 2.01. The summed E-state index contributed by atoms with van der Waals surface area (Å²) in [5.74, 6) is 5.54. The van der Waals surface area contributed by atoms with E-state index in [1.54, 1.807) is 53.8 Å². The number of hydrogen-bond acceptors (Lipinski definition) is 6. The number of methoxy groups -OCH3 is 1. The zero-order valence-electron chi connectivity index (χ0n) is 18.4. The lowest BCUT2D eigenvalue weighted by molar-refractivity contribution is -0.127. The molecule has 1 fully saturated rings. The third-order valence-corrected chi connectivity index (χ3v) is 5.99. The first-order valence-corrected chi connectivity index (χ1v) is 10.7. The molecule has 5 rings (SSSR count). The van der Waals surface area contributed by atoms with Crippen LogP contribution in [-0.2, 0) is 16.1 Å². The van der Waals surface area contributed by atoms with Crippen molar-refractivity contribution in [3.8, 4) is 28.8 Å². The molecule has 2 aliphatic rings. The first kappa shape index (κ1) is 21.3. The van der Waals surface area contributed by atoms with Gasteiger partial charge in [0.15, 0.2) is 0 Å². The number of fused-ring (bicyclic) bond motifs is 1. The molecule has 3 aromatic rings. The highest BCUT2D eigenvalue weighted by atomic mass is 16.5. The summed E-state index contributed by atoms with van der Waals surface area (Å²) in [5, 5.41) is 2.35. The molecule has 8 nitrogen and oxygen atoms in total. The number of nitrogens with one attached hydrogen (secondary N) is 1. The van der Waals surface area contributed by atoms with Crippen LogP contribution in [0.4, 0.5) is 0 Å². The molecular weight excluding hydrogens is 432 g/mol. The summed E-state index contributed by atoms with van der Waals surface area (Å²) in [6, 6.07) is 12.5. The molecule has 1 atom stereocenters. The number of imide groups is 1. The summed E-state index contributed by atoms with van der Waals surface area (Å²) in [6.07, 6.45) is 4.89. The van der Waals surface area contributed by atoms with Crippen LogP contribution in [0, 0.1) is 17.3 Å². The lowest BCUT2D eigenvalue weighted by atomic mass is 9.85. The highest BCUT2D eigenvalue weighted by Gasteiger charge is 2.48. The van der Waals surface area contributed by atoms with Crippen molar-refractivity contribution in [2.45, 2.75) is 13.0 Å². The summed E-state index contributed by atoms with van der Waals surface area (Å²) in [4.78, 5) is 48.3. The lowest BCUT2D eigenvalue weighted by Crippen LogP contribution is -2.42. The normalized spacial score (nSPS) is 18.9. The first-order valence-electron chi connectivity index (χ1n) is 10.7. The van der Waals surface area contributed by atoms with Crippen molar-refractivity contribution in [3.63, 3.8) is 0 Å². The summed E-state index contributed by atoms with van der Waals surface area (Å²) in [7, 11) is 1.54. The van der Waals surface area contributed by atoms with Crippen LogP contribution in [0.5, 0.6) is 5.75 Å². The number of hydrogen-bond donors (Lipinski definition) is 1. The maximum absolute atomic E-state index is 13.1. The van der Waals surface area contributed by atoms with E-state index in [-0.39, 0.29) is 18.9 Å². The molecule has 8 heteroatoms. The number of carbonyl (C=O) groups is 3. The molecule has 0 spiro atoms. The Bertz CT molecular complexity index is 1380. The second-order valence-corrected chi connectivity index (χ2v) is 8.21. The predicted octanol–water partition coefficient (Wildman–Crippen LogP) is 2.19. The third kappa shape index (κ3) is 3.77. The first-order chi connectivity index (χ1) is 16.5. The van der Waals surface area contributed by atoms with Crippen LogP contribution in [0.3, 0.4) is 0 Å². The number of rotatable bonds is 4. The van der Waals surface area contributed by atoms with Crippen LogP contribution < -0.4 is 10.1 Å². The van der Waals surface area contributed by atoms with Gasteiger partial charge in [0.25, 0.3) is 5.91 Å². The summed E-state index contributed by atoms with van der Waals surface area (Å²) >= 11 is 0. The molecule has 4 heterocycles. The van der Waals surface area contributed by atoms with Gasteiger partial charge in [0.05, 0.1) is 24.8 Å². The average Bonchev–Trinajstić information content (AvgIpc) is 3.32. The topological polar surface area (TPSA) is 101 Å². The van der Waals surface area contributed by atoms with Crippen molar-refractivity contribution < 1.29 is 19.1 Å². The number of pyridine rings is 2. The van der Waals surface area contributed by atoms with Gasteiger partial charge in [0.2, 0.25) is 11.8 Å². The molecule has 0 aliphatic carbocycles. The zero-order chi connectivity index (χ0) is 23.7. The fourth-order valence-corrected chi connectivity index (χ4v) is 4.26. The summed E-state index contributed by atoms with van der Waals surface area (Å²) < 4.78 is 5.23.